The van der Waals surface area contributed by atoms with E-state index in [1.165, 1.54) is 27.1 Å². The fourth-order valence-electron chi connectivity index (χ4n) is 3.04. The monoisotopic (exact) mass is 291 g/mol. The second-order valence-corrected chi connectivity index (χ2v) is 7.09. The summed E-state index contributed by atoms with van der Waals surface area (Å²) in [4.78, 5) is 1.47. The van der Waals surface area contributed by atoms with Crippen molar-refractivity contribution in [2.24, 2.45) is 7.05 Å². The van der Waals surface area contributed by atoms with E-state index in [-0.39, 0.29) is 10.9 Å². The third kappa shape index (κ3) is 1.95. The van der Waals surface area contributed by atoms with Crippen molar-refractivity contribution < 1.29 is 0 Å². The standard InChI is InChI=1S/C19H17NS/c1-20-17-12-6-5-11-16(17)19(21-13-7-8-14-21)18(20)15-9-3-2-4-10-15/h2-14,21H,1H3. The zero-order valence-electron chi connectivity index (χ0n) is 11.9. The highest BCUT2D eigenvalue weighted by atomic mass is 32.2. The van der Waals surface area contributed by atoms with Gasteiger partial charge in [0.15, 0.2) is 0 Å². The van der Waals surface area contributed by atoms with Crippen LogP contribution in [0.2, 0.25) is 0 Å². The van der Waals surface area contributed by atoms with Gasteiger partial charge in [-0.15, -0.1) is 0 Å². The zero-order valence-corrected chi connectivity index (χ0v) is 12.8. The third-order valence-electron chi connectivity index (χ3n) is 3.99. The largest absolute Gasteiger partial charge is 0.343 e. The molecule has 1 aromatic heterocycles. The number of nitrogens with zero attached hydrogens (tertiary/aromatic N) is 1. The van der Waals surface area contributed by atoms with Gasteiger partial charge in [-0.25, -0.2) is 0 Å². The predicted octanol–water partition coefficient (Wildman–Crippen LogP) is 5.25. The average molecular weight is 291 g/mol. The molecule has 1 nitrogen and oxygen atoms in total. The SMILES string of the molecule is Cn1c(-c2ccccc2)c([SH]2C=CC=C2)c2ccccc21. The fourth-order valence-corrected chi connectivity index (χ4v) is 5.00. The van der Waals surface area contributed by atoms with Crippen molar-refractivity contribution in [3.63, 3.8) is 0 Å². The molecular formula is C19H17NS. The van der Waals surface area contributed by atoms with Crippen molar-refractivity contribution >= 4 is 21.8 Å². The van der Waals surface area contributed by atoms with Gasteiger partial charge in [-0.2, -0.15) is 10.9 Å². The summed E-state index contributed by atoms with van der Waals surface area (Å²) in [7, 11) is 1.83. The van der Waals surface area contributed by atoms with Crippen LogP contribution in [0.5, 0.6) is 0 Å². The molecule has 0 saturated heterocycles. The van der Waals surface area contributed by atoms with Crippen LogP contribution in [0.1, 0.15) is 0 Å². The molecule has 2 heterocycles. The number of hydrogen-bond donors (Lipinski definition) is 1. The number of benzene rings is 2. The van der Waals surface area contributed by atoms with E-state index in [4.69, 9.17) is 0 Å². The van der Waals surface area contributed by atoms with Crippen molar-refractivity contribution in [3.05, 3.63) is 77.6 Å². The van der Waals surface area contributed by atoms with E-state index in [1.807, 2.05) is 0 Å². The number of aryl methyl sites for hydroxylation is 1. The van der Waals surface area contributed by atoms with Crippen LogP contribution < -0.4 is 0 Å². The molecule has 4 rings (SSSR count). The fraction of sp³-hybridized carbons (Fsp3) is 0.0526. The second-order valence-electron chi connectivity index (χ2n) is 5.23. The van der Waals surface area contributed by atoms with E-state index in [2.05, 4.69) is 89.2 Å². The van der Waals surface area contributed by atoms with Crippen LogP contribution >= 0.6 is 10.9 Å². The van der Waals surface area contributed by atoms with Gasteiger partial charge in [0.25, 0.3) is 0 Å². The minimum atomic E-state index is -0.346. The Bertz CT molecular complexity index is 844. The minimum absolute atomic E-state index is 0.346. The highest BCUT2D eigenvalue weighted by molar-refractivity contribution is 8.22. The zero-order chi connectivity index (χ0) is 14.2. The van der Waals surface area contributed by atoms with E-state index in [0.717, 1.165) is 0 Å². The van der Waals surface area contributed by atoms with E-state index in [9.17, 15) is 0 Å². The topological polar surface area (TPSA) is 4.93 Å². The lowest BCUT2D eigenvalue weighted by Crippen LogP contribution is -1.92. The summed E-state index contributed by atoms with van der Waals surface area (Å²) in [6.07, 6.45) is 4.34. The predicted molar refractivity (Wildman–Crippen MR) is 93.9 cm³/mol. The highest BCUT2D eigenvalue weighted by Crippen LogP contribution is 2.51. The number of allylic oxidation sites excluding steroid dienone is 2. The Kier molecular flexibility index (Phi) is 2.97. The quantitative estimate of drug-likeness (QED) is 0.616. The molecule has 0 spiro atoms. The summed E-state index contributed by atoms with van der Waals surface area (Å²) in [5.41, 5.74) is 3.95. The van der Waals surface area contributed by atoms with Crippen molar-refractivity contribution in [3.8, 4) is 11.3 Å². The van der Waals surface area contributed by atoms with Crippen molar-refractivity contribution in [2.45, 2.75) is 4.90 Å². The third-order valence-corrected chi connectivity index (χ3v) is 5.95. The summed E-state index contributed by atoms with van der Waals surface area (Å²) in [6.45, 7) is 0. The summed E-state index contributed by atoms with van der Waals surface area (Å²) in [6, 6.07) is 19.4. The molecular weight excluding hydrogens is 274 g/mol. The van der Waals surface area contributed by atoms with Crippen LogP contribution in [-0.2, 0) is 7.05 Å². The Morgan fingerprint density at radius 2 is 1.48 bits per heavy atom. The molecule has 2 heteroatoms. The first-order valence-electron chi connectivity index (χ1n) is 7.12. The maximum absolute atomic E-state index is 2.34. The van der Waals surface area contributed by atoms with Crippen molar-refractivity contribution in [1.82, 2.24) is 4.57 Å². The van der Waals surface area contributed by atoms with Crippen LogP contribution in [0.3, 0.4) is 0 Å². The van der Waals surface area contributed by atoms with Crippen LogP contribution in [0.25, 0.3) is 22.2 Å². The molecule has 0 radical (unpaired) electrons. The molecule has 0 aliphatic carbocycles. The van der Waals surface area contributed by atoms with Gasteiger partial charge < -0.3 is 4.57 Å². The molecule has 0 atom stereocenters. The molecule has 0 fully saturated rings. The summed E-state index contributed by atoms with van der Waals surface area (Å²) in [5.74, 6) is 0. The number of para-hydroxylation sites is 1. The van der Waals surface area contributed by atoms with E-state index in [1.54, 1.807) is 0 Å². The lowest BCUT2D eigenvalue weighted by molar-refractivity contribution is 0.968. The molecule has 0 N–H and O–H groups in total. The summed E-state index contributed by atoms with van der Waals surface area (Å²) in [5, 5.41) is 6.05. The Morgan fingerprint density at radius 1 is 0.810 bits per heavy atom. The van der Waals surface area contributed by atoms with Gasteiger partial charge in [0.05, 0.1) is 5.69 Å². The lowest BCUT2D eigenvalue weighted by atomic mass is 10.1. The van der Waals surface area contributed by atoms with E-state index >= 15 is 0 Å². The van der Waals surface area contributed by atoms with Gasteiger partial charge in [0, 0.05) is 22.8 Å². The normalized spacial score (nSPS) is 15.2. The van der Waals surface area contributed by atoms with Gasteiger partial charge in [-0.05, 0) is 22.4 Å². The van der Waals surface area contributed by atoms with Gasteiger partial charge >= 0.3 is 0 Å². The lowest BCUT2D eigenvalue weighted by Gasteiger charge is -2.14. The van der Waals surface area contributed by atoms with Gasteiger partial charge in [-0.3, -0.25) is 0 Å². The minimum Gasteiger partial charge on any atom is -0.343 e. The Morgan fingerprint density at radius 3 is 2.24 bits per heavy atom. The van der Waals surface area contributed by atoms with Crippen LogP contribution in [0, 0.1) is 0 Å². The first-order chi connectivity index (χ1) is 10.4. The van der Waals surface area contributed by atoms with Gasteiger partial charge in [-0.1, -0.05) is 60.7 Å². The van der Waals surface area contributed by atoms with Crippen molar-refractivity contribution in [1.29, 1.82) is 0 Å². The Labute approximate surface area is 127 Å². The molecule has 1 aliphatic rings. The van der Waals surface area contributed by atoms with Crippen LogP contribution in [-0.4, -0.2) is 4.57 Å². The number of rotatable bonds is 2. The number of fused-ring (bicyclic) bond motifs is 1. The van der Waals surface area contributed by atoms with E-state index in [0.29, 0.717) is 0 Å². The first kappa shape index (κ1) is 12.5. The van der Waals surface area contributed by atoms with Gasteiger partial charge in [0.2, 0.25) is 0 Å². The first-order valence-corrected chi connectivity index (χ1v) is 8.60. The molecule has 0 saturated carbocycles. The molecule has 2 aromatic carbocycles. The average Bonchev–Trinajstić information content (AvgIpc) is 3.15. The van der Waals surface area contributed by atoms with Crippen LogP contribution in [0.15, 0.2) is 82.5 Å². The molecule has 104 valence electrons. The number of aromatic nitrogens is 1. The number of thiol groups is 1. The molecule has 3 aromatic rings. The summed E-state index contributed by atoms with van der Waals surface area (Å²) >= 11 is 0. The molecule has 21 heavy (non-hydrogen) atoms. The molecule has 1 aliphatic heterocycles. The second kappa shape index (κ2) is 4.97. The molecule has 0 unspecified atom stereocenters. The smallest absolute Gasteiger partial charge is 0.0615 e. The maximum Gasteiger partial charge on any atom is 0.0615 e. The van der Waals surface area contributed by atoms with Crippen LogP contribution in [0.4, 0.5) is 0 Å². The van der Waals surface area contributed by atoms with E-state index < -0.39 is 0 Å². The van der Waals surface area contributed by atoms with Crippen molar-refractivity contribution in [2.75, 3.05) is 0 Å². The maximum atomic E-state index is 2.34. The molecule has 0 bridgehead atoms. The highest BCUT2D eigenvalue weighted by Gasteiger charge is 2.19. The molecule has 0 amide bonds. The summed E-state index contributed by atoms with van der Waals surface area (Å²) < 4.78 is 2.34. The van der Waals surface area contributed by atoms with Gasteiger partial charge in [0.1, 0.15) is 0 Å². The Balaban J connectivity index is 2.09. The Hall–Kier alpha value is -2.19. The number of hydrogen-bond acceptors (Lipinski definition) is 0.